The molecule has 0 radical (unpaired) electrons. The third-order valence-electron chi connectivity index (χ3n) is 4.24. The predicted molar refractivity (Wildman–Crippen MR) is 86.2 cm³/mol. The maximum atomic E-state index is 10.5. The summed E-state index contributed by atoms with van der Waals surface area (Å²) in [6, 6.07) is 0. The number of unbranched alkanes of at least 4 members (excludes halogenated alkanes) is 7. The molecule has 0 aliphatic heterocycles. The SMILES string of the molecule is CCCCCCCCCCc1n(CCCC(=O)[O-])cc[n+]1C. The van der Waals surface area contributed by atoms with Crippen LogP contribution >= 0.6 is 0 Å². The molecule has 0 aliphatic rings. The van der Waals surface area contributed by atoms with Crippen LogP contribution in [0.1, 0.15) is 77.0 Å². The first-order valence-electron chi connectivity index (χ1n) is 8.88. The van der Waals surface area contributed by atoms with Crippen molar-refractivity contribution in [3.05, 3.63) is 18.2 Å². The summed E-state index contributed by atoms with van der Waals surface area (Å²) in [5.74, 6) is 0.338. The van der Waals surface area contributed by atoms with Crippen LogP contribution in [0, 0.1) is 0 Å². The molecule has 0 bridgehead atoms. The first kappa shape index (κ1) is 18.7. The van der Waals surface area contributed by atoms with Gasteiger partial charge in [0.25, 0.3) is 5.82 Å². The third kappa shape index (κ3) is 7.62. The lowest BCUT2D eigenvalue weighted by Crippen LogP contribution is -2.32. The lowest BCUT2D eigenvalue weighted by Gasteiger charge is -2.04. The summed E-state index contributed by atoms with van der Waals surface area (Å²) in [6.07, 6.45) is 16.6. The second-order valence-electron chi connectivity index (χ2n) is 6.22. The molecule has 0 saturated carbocycles. The normalized spacial score (nSPS) is 11.0. The second-order valence-corrected chi connectivity index (χ2v) is 6.22. The van der Waals surface area contributed by atoms with Crippen LogP contribution in [-0.2, 0) is 24.8 Å². The number of hydrogen-bond acceptors (Lipinski definition) is 2. The Balaban J connectivity index is 2.21. The van der Waals surface area contributed by atoms with Gasteiger partial charge >= 0.3 is 0 Å². The van der Waals surface area contributed by atoms with Crippen LogP contribution in [-0.4, -0.2) is 10.5 Å². The molecule has 0 amide bonds. The Kier molecular flexibility index (Phi) is 9.60. The molecule has 0 unspecified atom stereocenters. The number of carbonyl (C=O) groups excluding carboxylic acids is 1. The van der Waals surface area contributed by atoms with E-state index in [2.05, 4.69) is 35.5 Å². The van der Waals surface area contributed by atoms with Gasteiger partial charge in [0.1, 0.15) is 12.4 Å². The zero-order chi connectivity index (χ0) is 16.2. The van der Waals surface area contributed by atoms with E-state index in [4.69, 9.17) is 0 Å². The summed E-state index contributed by atoms with van der Waals surface area (Å²) >= 11 is 0. The molecule has 1 aromatic rings. The number of aliphatic carboxylic acids is 1. The number of rotatable bonds is 13. The van der Waals surface area contributed by atoms with Gasteiger partial charge in [-0.3, -0.25) is 0 Å². The van der Waals surface area contributed by atoms with Crippen molar-refractivity contribution in [3.8, 4) is 0 Å². The van der Waals surface area contributed by atoms with Crippen molar-refractivity contribution in [2.24, 2.45) is 7.05 Å². The molecule has 4 heteroatoms. The van der Waals surface area contributed by atoms with E-state index in [1.807, 2.05) is 0 Å². The van der Waals surface area contributed by atoms with E-state index in [-0.39, 0.29) is 6.42 Å². The lowest BCUT2D eigenvalue weighted by atomic mass is 10.1. The number of carbonyl (C=O) groups is 1. The predicted octanol–water partition coefficient (Wildman–Crippen LogP) is 2.53. The van der Waals surface area contributed by atoms with Gasteiger partial charge in [0.15, 0.2) is 0 Å². The summed E-state index contributed by atoms with van der Waals surface area (Å²) in [5, 5.41) is 10.5. The Morgan fingerprint density at radius 3 is 2.36 bits per heavy atom. The second kappa shape index (κ2) is 11.3. The fourth-order valence-corrected chi connectivity index (χ4v) is 2.89. The van der Waals surface area contributed by atoms with E-state index in [9.17, 15) is 9.90 Å². The van der Waals surface area contributed by atoms with Crippen molar-refractivity contribution in [3.63, 3.8) is 0 Å². The average Bonchev–Trinajstić information content (AvgIpc) is 2.82. The Morgan fingerprint density at radius 2 is 1.73 bits per heavy atom. The molecule has 1 aromatic heterocycles. The summed E-state index contributed by atoms with van der Waals surface area (Å²) in [7, 11) is 2.06. The standard InChI is InChI=1S/C18H32N2O2/c1-3-4-5-6-7-8-9-10-12-17-19(2)15-16-20(17)14-11-13-18(21)22/h15-16H,3-14H2,1-2H3. The van der Waals surface area contributed by atoms with Crippen molar-refractivity contribution in [1.29, 1.82) is 0 Å². The van der Waals surface area contributed by atoms with Crippen LogP contribution in [0.4, 0.5) is 0 Å². The van der Waals surface area contributed by atoms with Crippen molar-refractivity contribution in [1.82, 2.24) is 4.57 Å². The maximum absolute atomic E-state index is 10.5. The van der Waals surface area contributed by atoms with Gasteiger partial charge in [0.05, 0.1) is 13.6 Å². The summed E-state index contributed by atoms with van der Waals surface area (Å²) in [5.41, 5.74) is 0. The summed E-state index contributed by atoms with van der Waals surface area (Å²) in [4.78, 5) is 10.5. The van der Waals surface area contributed by atoms with Crippen molar-refractivity contribution >= 4 is 5.97 Å². The van der Waals surface area contributed by atoms with Crippen molar-refractivity contribution in [2.45, 2.75) is 84.1 Å². The number of carboxylic acids is 1. The van der Waals surface area contributed by atoms with Gasteiger partial charge < -0.3 is 9.90 Å². The van der Waals surface area contributed by atoms with Gasteiger partial charge in [-0.05, 0) is 19.3 Å². The molecule has 0 N–H and O–H groups in total. The topological polar surface area (TPSA) is 48.9 Å². The Hall–Kier alpha value is -1.32. The summed E-state index contributed by atoms with van der Waals surface area (Å²) < 4.78 is 4.34. The maximum Gasteiger partial charge on any atom is 0.256 e. The highest BCUT2D eigenvalue weighted by atomic mass is 16.4. The molecule has 1 heterocycles. The van der Waals surface area contributed by atoms with Crippen LogP contribution < -0.4 is 9.67 Å². The van der Waals surface area contributed by atoms with Crippen molar-refractivity contribution < 1.29 is 14.5 Å². The van der Waals surface area contributed by atoms with Gasteiger partial charge in [-0.15, -0.1) is 0 Å². The molecular formula is C18H32N2O2. The molecule has 0 saturated heterocycles. The van der Waals surface area contributed by atoms with Gasteiger partial charge in [-0.25, -0.2) is 9.13 Å². The van der Waals surface area contributed by atoms with E-state index in [0.29, 0.717) is 6.42 Å². The van der Waals surface area contributed by atoms with Crippen LogP contribution in [0.25, 0.3) is 0 Å². The van der Waals surface area contributed by atoms with Crippen molar-refractivity contribution in [2.75, 3.05) is 0 Å². The number of imidazole rings is 1. The number of carboxylic acid groups (broad SMARTS) is 1. The van der Waals surface area contributed by atoms with E-state index < -0.39 is 5.97 Å². The Labute approximate surface area is 135 Å². The minimum atomic E-state index is -0.957. The van der Waals surface area contributed by atoms with Crippen LogP contribution in [0.5, 0.6) is 0 Å². The summed E-state index contributed by atoms with van der Waals surface area (Å²) in [6.45, 7) is 3.02. The van der Waals surface area contributed by atoms with Crippen LogP contribution in [0.2, 0.25) is 0 Å². The van der Waals surface area contributed by atoms with E-state index in [0.717, 1.165) is 13.0 Å². The molecule has 0 spiro atoms. The minimum absolute atomic E-state index is 0.138. The molecule has 126 valence electrons. The molecule has 0 aromatic carbocycles. The highest BCUT2D eigenvalue weighted by Crippen LogP contribution is 2.10. The van der Waals surface area contributed by atoms with E-state index in [1.165, 1.54) is 57.2 Å². The largest absolute Gasteiger partial charge is 0.550 e. The number of hydrogen-bond donors (Lipinski definition) is 0. The Bertz CT molecular complexity index is 427. The molecular weight excluding hydrogens is 276 g/mol. The molecule has 4 nitrogen and oxygen atoms in total. The van der Waals surface area contributed by atoms with Gasteiger partial charge in [0.2, 0.25) is 0 Å². The van der Waals surface area contributed by atoms with Crippen LogP contribution in [0.3, 0.4) is 0 Å². The molecule has 1 rings (SSSR count). The number of aryl methyl sites for hydroxylation is 2. The van der Waals surface area contributed by atoms with Crippen LogP contribution in [0.15, 0.2) is 12.4 Å². The average molecular weight is 308 g/mol. The van der Waals surface area contributed by atoms with Gasteiger partial charge in [0, 0.05) is 12.4 Å². The molecule has 22 heavy (non-hydrogen) atoms. The first-order chi connectivity index (χ1) is 10.6. The zero-order valence-corrected chi connectivity index (χ0v) is 14.4. The number of aromatic nitrogens is 2. The highest BCUT2D eigenvalue weighted by molar-refractivity contribution is 5.64. The molecule has 0 fully saturated rings. The molecule has 0 atom stereocenters. The zero-order valence-electron chi connectivity index (χ0n) is 14.4. The molecule has 0 aliphatic carbocycles. The number of nitrogens with zero attached hydrogens (tertiary/aromatic N) is 2. The van der Waals surface area contributed by atoms with Gasteiger partial charge in [-0.1, -0.05) is 51.9 Å². The fourth-order valence-electron chi connectivity index (χ4n) is 2.89. The van der Waals surface area contributed by atoms with Gasteiger partial charge in [-0.2, -0.15) is 0 Å². The monoisotopic (exact) mass is 308 g/mol. The van der Waals surface area contributed by atoms with E-state index in [1.54, 1.807) is 0 Å². The smallest absolute Gasteiger partial charge is 0.256 e. The fraction of sp³-hybridized carbons (Fsp3) is 0.778. The lowest BCUT2D eigenvalue weighted by molar-refractivity contribution is -0.678. The minimum Gasteiger partial charge on any atom is -0.550 e. The quantitative estimate of drug-likeness (QED) is 0.415. The Morgan fingerprint density at radius 1 is 1.09 bits per heavy atom. The van der Waals surface area contributed by atoms with E-state index >= 15 is 0 Å². The highest BCUT2D eigenvalue weighted by Gasteiger charge is 2.13. The third-order valence-corrected chi connectivity index (χ3v) is 4.24. The first-order valence-corrected chi connectivity index (χ1v) is 8.88.